The Hall–Kier alpha value is -3.11. The van der Waals surface area contributed by atoms with Crippen LogP contribution in [-0.4, -0.2) is 43.3 Å². The van der Waals surface area contributed by atoms with Crippen LogP contribution >= 0.6 is 10.7 Å². The van der Waals surface area contributed by atoms with Crippen molar-refractivity contribution in [1.29, 1.82) is 0 Å². The zero-order valence-electron chi connectivity index (χ0n) is 15.7. The van der Waals surface area contributed by atoms with Gasteiger partial charge in [0.25, 0.3) is 15.0 Å². The predicted molar refractivity (Wildman–Crippen MR) is 106 cm³/mol. The Morgan fingerprint density at radius 2 is 1.69 bits per heavy atom. The highest BCUT2D eigenvalue weighted by Crippen LogP contribution is 2.39. The van der Waals surface area contributed by atoms with Gasteiger partial charge in [-0.15, -0.1) is 10.2 Å². The van der Waals surface area contributed by atoms with Crippen molar-refractivity contribution in [1.82, 2.24) is 14.8 Å². The molecule has 1 aromatic heterocycles. The average Bonchev–Trinajstić information content (AvgIpc) is 3.11. The number of nitrogens with zero attached hydrogens (tertiary/aromatic N) is 3. The SMILES string of the molecule is COc1cc(OC)c(S(=O)(=O)Cl)cc1-c1nnc(C(N)=O)n1-c1ccc(C)cc1. The first kappa shape index (κ1) is 20.6. The van der Waals surface area contributed by atoms with Crippen LogP contribution in [0.5, 0.6) is 11.5 Å². The van der Waals surface area contributed by atoms with Crippen molar-refractivity contribution in [3.05, 3.63) is 47.8 Å². The lowest BCUT2D eigenvalue weighted by atomic mass is 10.1. The van der Waals surface area contributed by atoms with Crippen LogP contribution in [-0.2, 0) is 9.05 Å². The summed E-state index contributed by atoms with van der Waals surface area (Å²) < 4.78 is 36.0. The molecule has 2 aromatic carbocycles. The third-order valence-electron chi connectivity index (χ3n) is 4.16. The smallest absolute Gasteiger partial charge is 0.287 e. The molecule has 0 unspecified atom stereocenters. The number of aryl methyl sites for hydroxylation is 1. The van der Waals surface area contributed by atoms with Crippen molar-refractivity contribution in [3.63, 3.8) is 0 Å². The lowest BCUT2D eigenvalue weighted by molar-refractivity contribution is 0.0988. The van der Waals surface area contributed by atoms with Crippen LogP contribution in [0.25, 0.3) is 17.1 Å². The first-order valence-electron chi connectivity index (χ1n) is 8.20. The summed E-state index contributed by atoms with van der Waals surface area (Å²) in [5.74, 6) is -0.553. The topological polar surface area (TPSA) is 126 Å². The molecule has 0 atom stereocenters. The molecule has 0 spiro atoms. The molecular formula is C18H17ClN4O5S. The molecule has 3 aromatic rings. The minimum atomic E-state index is -4.15. The van der Waals surface area contributed by atoms with Gasteiger partial charge in [-0.3, -0.25) is 9.36 Å². The second kappa shape index (κ2) is 7.72. The molecule has 0 aliphatic rings. The number of carbonyl (C=O) groups excluding carboxylic acids is 1. The number of halogens is 1. The van der Waals surface area contributed by atoms with Crippen molar-refractivity contribution in [2.75, 3.05) is 14.2 Å². The van der Waals surface area contributed by atoms with E-state index < -0.39 is 15.0 Å². The van der Waals surface area contributed by atoms with E-state index in [4.69, 9.17) is 25.9 Å². The van der Waals surface area contributed by atoms with Gasteiger partial charge in [0.1, 0.15) is 16.4 Å². The van der Waals surface area contributed by atoms with Gasteiger partial charge in [-0.1, -0.05) is 17.7 Å². The number of methoxy groups -OCH3 is 2. The second-order valence-corrected chi connectivity index (χ2v) is 8.56. The Balaban J connectivity index is 2.37. The van der Waals surface area contributed by atoms with Crippen LogP contribution < -0.4 is 15.2 Å². The van der Waals surface area contributed by atoms with E-state index in [1.165, 1.54) is 30.9 Å². The van der Waals surface area contributed by atoms with Crippen molar-refractivity contribution >= 4 is 25.6 Å². The fraction of sp³-hybridized carbons (Fsp3) is 0.167. The van der Waals surface area contributed by atoms with Gasteiger partial charge in [-0.05, 0) is 25.1 Å². The Kier molecular flexibility index (Phi) is 5.49. The van der Waals surface area contributed by atoms with E-state index in [0.717, 1.165) is 5.56 Å². The highest BCUT2D eigenvalue weighted by atomic mass is 35.7. The van der Waals surface area contributed by atoms with Gasteiger partial charge in [0, 0.05) is 22.4 Å². The standard InChI is InChI=1S/C18H17ClN4O5S/c1-10-4-6-11(7-5-10)23-17(21-22-18(23)16(20)24)12-8-15(29(19,25)26)14(28-3)9-13(12)27-2/h4-9H,1-3H3,(H2,20,24). The number of ether oxygens (including phenoxy) is 2. The Labute approximate surface area is 171 Å². The third kappa shape index (κ3) is 3.89. The van der Waals surface area contributed by atoms with Crippen molar-refractivity contribution in [2.24, 2.45) is 5.73 Å². The van der Waals surface area contributed by atoms with Crippen molar-refractivity contribution < 1.29 is 22.7 Å². The van der Waals surface area contributed by atoms with Gasteiger partial charge in [0.2, 0.25) is 5.82 Å². The summed E-state index contributed by atoms with van der Waals surface area (Å²) in [5.41, 5.74) is 7.24. The number of aromatic nitrogens is 3. The van der Waals surface area contributed by atoms with Crippen LogP contribution in [0.4, 0.5) is 0 Å². The largest absolute Gasteiger partial charge is 0.496 e. The van der Waals surface area contributed by atoms with Crippen LogP contribution in [0.15, 0.2) is 41.3 Å². The molecular weight excluding hydrogens is 420 g/mol. The number of amides is 1. The number of nitrogens with two attached hydrogens (primary N) is 1. The summed E-state index contributed by atoms with van der Waals surface area (Å²) in [6.07, 6.45) is 0. The third-order valence-corrected chi connectivity index (χ3v) is 5.51. The summed E-state index contributed by atoms with van der Waals surface area (Å²) in [6, 6.07) is 9.80. The van der Waals surface area contributed by atoms with E-state index in [1.807, 2.05) is 19.1 Å². The van der Waals surface area contributed by atoms with E-state index >= 15 is 0 Å². The van der Waals surface area contributed by atoms with Gasteiger partial charge < -0.3 is 15.2 Å². The quantitative estimate of drug-likeness (QED) is 0.587. The van der Waals surface area contributed by atoms with Crippen LogP contribution in [0.3, 0.4) is 0 Å². The Morgan fingerprint density at radius 3 is 2.21 bits per heavy atom. The molecule has 0 bridgehead atoms. The van der Waals surface area contributed by atoms with Crippen LogP contribution in [0.1, 0.15) is 16.2 Å². The first-order valence-corrected chi connectivity index (χ1v) is 10.5. The molecule has 0 saturated heterocycles. The molecule has 152 valence electrons. The Bertz CT molecular complexity index is 1190. The molecule has 2 N–H and O–H groups in total. The lowest BCUT2D eigenvalue weighted by Crippen LogP contribution is -2.18. The lowest BCUT2D eigenvalue weighted by Gasteiger charge is -2.15. The van der Waals surface area contributed by atoms with Crippen LogP contribution in [0, 0.1) is 6.92 Å². The fourth-order valence-electron chi connectivity index (χ4n) is 2.79. The molecule has 0 saturated carbocycles. The van der Waals surface area contributed by atoms with Gasteiger partial charge in [-0.25, -0.2) is 8.42 Å². The molecule has 3 rings (SSSR count). The minimum absolute atomic E-state index is 0.00266. The maximum absolute atomic E-state index is 12.0. The molecule has 29 heavy (non-hydrogen) atoms. The van der Waals surface area contributed by atoms with E-state index in [9.17, 15) is 13.2 Å². The Morgan fingerprint density at radius 1 is 1.07 bits per heavy atom. The molecule has 0 fully saturated rings. The average molecular weight is 437 g/mol. The van der Waals surface area contributed by atoms with Gasteiger partial charge in [0.15, 0.2) is 5.82 Å². The van der Waals surface area contributed by atoms with E-state index in [0.29, 0.717) is 5.69 Å². The molecule has 0 radical (unpaired) electrons. The number of rotatable bonds is 6. The summed E-state index contributed by atoms with van der Waals surface area (Å²) in [5, 5.41) is 7.92. The summed E-state index contributed by atoms with van der Waals surface area (Å²) in [7, 11) is 4.11. The monoisotopic (exact) mass is 436 g/mol. The maximum Gasteiger partial charge on any atom is 0.287 e. The molecule has 1 heterocycles. The number of hydrogen-bond acceptors (Lipinski definition) is 7. The summed E-state index contributed by atoms with van der Waals surface area (Å²) in [6.45, 7) is 1.91. The molecule has 9 nitrogen and oxygen atoms in total. The number of hydrogen-bond donors (Lipinski definition) is 1. The van der Waals surface area contributed by atoms with Gasteiger partial charge in [-0.2, -0.15) is 0 Å². The first-order chi connectivity index (χ1) is 13.7. The normalized spacial score (nSPS) is 11.3. The molecule has 0 aliphatic carbocycles. The fourth-order valence-corrected chi connectivity index (χ4v) is 3.79. The highest BCUT2D eigenvalue weighted by Gasteiger charge is 2.26. The molecule has 11 heteroatoms. The predicted octanol–water partition coefficient (Wildman–Crippen LogP) is 2.29. The molecule has 1 amide bonds. The number of primary amides is 1. The summed E-state index contributed by atoms with van der Waals surface area (Å²) >= 11 is 0. The summed E-state index contributed by atoms with van der Waals surface area (Å²) in [4.78, 5) is 11.6. The van der Waals surface area contributed by atoms with Crippen molar-refractivity contribution in [2.45, 2.75) is 11.8 Å². The minimum Gasteiger partial charge on any atom is -0.496 e. The van der Waals surface area contributed by atoms with E-state index in [1.54, 1.807) is 12.1 Å². The zero-order valence-corrected chi connectivity index (χ0v) is 17.3. The van der Waals surface area contributed by atoms with E-state index in [2.05, 4.69) is 10.2 Å². The van der Waals surface area contributed by atoms with Crippen molar-refractivity contribution in [3.8, 4) is 28.6 Å². The number of benzene rings is 2. The highest BCUT2D eigenvalue weighted by molar-refractivity contribution is 8.13. The van der Waals surface area contributed by atoms with Crippen LogP contribution in [0.2, 0.25) is 0 Å². The number of carbonyl (C=O) groups is 1. The van der Waals surface area contributed by atoms with E-state index in [-0.39, 0.29) is 33.6 Å². The molecule has 0 aliphatic heterocycles. The second-order valence-electron chi connectivity index (χ2n) is 6.02. The maximum atomic E-state index is 12.0. The zero-order chi connectivity index (χ0) is 21.3. The van der Waals surface area contributed by atoms with Gasteiger partial charge in [0.05, 0.1) is 19.8 Å². The van der Waals surface area contributed by atoms with Gasteiger partial charge >= 0.3 is 0 Å².